The Morgan fingerprint density at radius 1 is 1.08 bits per heavy atom. The van der Waals surface area contributed by atoms with Gasteiger partial charge in [-0.1, -0.05) is 24.3 Å². The number of amides is 1. The second-order valence-electron chi connectivity index (χ2n) is 5.41. The molecule has 1 amide bonds. The summed E-state index contributed by atoms with van der Waals surface area (Å²) < 4.78 is 5.16. The number of fused-ring (bicyclic) bond motifs is 1. The second kappa shape index (κ2) is 7.08. The predicted octanol–water partition coefficient (Wildman–Crippen LogP) is 3.30. The number of methoxy groups -OCH3 is 1. The number of para-hydroxylation sites is 2. The Kier molecular flexibility index (Phi) is 4.70. The highest BCUT2D eigenvalue weighted by molar-refractivity contribution is 5.93. The molecule has 0 fully saturated rings. The summed E-state index contributed by atoms with van der Waals surface area (Å²) >= 11 is 0. The van der Waals surface area contributed by atoms with Crippen molar-refractivity contribution in [3.63, 3.8) is 0 Å². The summed E-state index contributed by atoms with van der Waals surface area (Å²) in [6, 6.07) is 15.2. The van der Waals surface area contributed by atoms with E-state index in [-0.39, 0.29) is 5.91 Å². The highest BCUT2D eigenvalue weighted by Gasteiger charge is 2.17. The van der Waals surface area contributed by atoms with Crippen LogP contribution in [0.4, 0.5) is 0 Å². The van der Waals surface area contributed by atoms with E-state index in [1.54, 1.807) is 18.2 Å². The van der Waals surface area contributed by atoms with Crippen LogP contribution in [0.2, 0.25) is 0 Å². The highest BCUT2D eigenvalue weighted by atomic mass is 16.5. The average Bonchev–Trinajstić information content (AvgIpc) is 2.65. The van der Waals surface area contributed by atoms with Gasteiger partial charge in [-0.25, -0.2) is 4.98 Å². The van der Waals surface area contributed by atoms with Gasteiger partial charge in [-0.15, -0.1) is 0 Å². The highest BCUT2D eigenvalue weighted by Crippen LogP contribution is 2.15. The Balaban J connectivity index is 1.81. The van der Waals surface area contributed by atoms with E-state index in [4.69, 9.17) is 4.74 Å². The number of hydrogen-bond acceptors (Lipinski definition) is 4. The van der Waals surface area contributed by atoms with Gasteiger partial charge >= 0.3 is 0 Å². The molecule has 0 bridgehead atoms. The van der Waals surface area contributed by atoms with Gasteiger partial charge in [0.15, 0.2) is 0 Å². The lowest BCUT2D eigenvalue weighted by atomic mass is 10.2. The minimum Gasteiger partial charge on any atom is -0.497 e. The summed E-state index contributed by atoms with van der Waals surface area (Å²) in [6.07, 6.45) is 1.54. The Hall–Kier alpha value is -2.95. The van der Waals surface area contributed by atoms with Gasteiger partial charge in [-0.2, -0.15) is 0 Å². The van der Waals surface area contributed by atoms with Crippen molar-refractivity contribution in [3.8, 4) is 5.75 Å². The number of aromatic nitrogens is 2. The number of rotatable bonds is 5. The molecule has 0 aliphatic carbocycles. The molecular weight excluding hydrogens is 302 g/mol. The first kappa shape index (κ1) is 15.9. The maximum absolute atomic E-state index is 12.7. The molecule has 0 unspecified atom stereocenters. The number of carbonyl (C=O) groups excluding carboxylic acids is 1. The van der Waals surface area contributed by atoms with Crippen LogP contribution in [-0.2, 0) is 6.54 Å². The van der Waals surface area contributed by atoms with E-state index in [2.05, 4.69) is 9.97 Å². The van der Waals surface area contributed by atoms with Crippen LogP contribution in [-0.4, -0.2) is 34.4 Å². The molecule has 1 heterocycles. The van der Waals surface area contributed by atoms with Crippen molar-refractivity contribution in [3.05, 3.63) is 66.0 Å². The Labute approximate surface area is 140 Å². The number of benzene rings is 2. The molecule has 3 rings (SSSR count). The lowest BCUT2D eigenvalue weighted by Gasteiger charge is -2.20. The zero-order valence-corrected chi connectivity index (χ0v) is 13.8. The molecule has 0 radical (unpaired) electrons. The maximum atomic E-state index is 12.7. The van der Waals surface area contributed by atoms with Crippen molar-refractivity contribution in [2.75, 3.05) is 13.7 Å². The molecule has 0 N–H and O–H groups in total. The molecule has 2 aromatic carbocycles. The first-order valence-corrected chi connectivity index (χ1v) is 7.85. The fourth-order valence-electron chi connectivity index (χ4n) is 2.50. The summed E-state index contributed by atoms with van der Waals surface area (Å²) in [6.45, 7) is 3.07. The molecule has 0 atom stereocenters. The molecule has 5 heteroatoms. The topological polar surface area (TPSA) is 55.3 Å². The van der Waals surface area contributed by atoms with E-state index in [0.29, 0.717) is 18.8 Å². The molecule has 3 aromatic rings. The molecule has 1 aromatic heterocycles. The molecule has 122 valence electrons. The van der Waals surface area contributed by atoms with Crippen LogP contribution < -0.4 is 4.74 Å². The predicted molar refractivity (Wildman–Crippen MR) is 92.9 cm³/mol. The Morgan fingerprint density at radius 3 is 2.46 bits per heavy atom. The van der Waals surface area contributed by atoms with Gasteiger partial charge < -0.3 is 9.64 Å². The normalized spacial score (nSPS) is 10.6. The lowest BCUT2D eigenvalue weighted by Crippen LogP contribution is -2.31. The van der Waals surface area contributed by atoms with Crippen molar-refractivity contribution >= 4 is 16.9 Å². The van der Waals surface area contributed by atoms with Crippen molar-refractivity contribution in [1.82, 2.24) is 14.9 Å². The number of hydrogen-bond donors (Lipinski definition) is 0. The largest absolute Gasteiger partial charge is 0.497 e. The number of carbonyl (C=O) groups is 1. The minimum atomic E-state index is -0.119. The fourth-order valence-corrected chi connectivity index (χ4v) is 2.50. The summed E-state index contributed by atoms with van der Waals surface area (Å²) in [4.78, 5) is 23.3. The number of ether oxygens (including phenoxy) is 1. The first-order chi connectivity index (χ1) is 11.7. The Morgan fingerprint density at radius 2 is 1.79 bits per heavy atom. The summed E-state index contributed by atoms with van der Waals surface area (Å²) in [5, 5.41) is 0. The van der Waals surface area contributed by atoms with E-state index in [1.807, 2.05) is 55.5 Å². The van der Waals surface area contributed by atoms with Gasteiger partial charge in [0.25, 0.3) is 5.91 Å². The minimum absolute atomic E-state index is 0.119. The smallest absolute Gasteiger partial charge is 0.274 e. The molecule has 0 aliphatic rings. The van der Waals surface area contributed by atoms with Gasteiger partial charge in [-0.05, 0) is 36.8 Å². The quantitative estimate of drug-likeness (QED) is 0.723. The van der Waals surface area contributed by atoms with Crippen LogP contribution in [0.1, 0.15) is 23.0 Å². The van der Waals surface area contributed by atoms with Crippen molar-refractivity contribution in [1.29, 1.82) is 0 Å². The van der Waals surface area contributed by atoms with Crippen molar-refractivity contribution in [2.45, 2.75) is 13.5 Å². The molecule has 24 heavy (non-hydrogen) atoms. The summed E-state index contributed by atoms with van der Waals surface area (Å²) in [7, 11) is 1.63. The number of nitrogens with zero attached hydrogens (tertiary/aromatic N) is 3. The van der Waals surface area contributed by atoms with E-state index in [0.717, 1.165) is 22.3 Å². The van der Waals surface area contributed by atoms with Crippen LogP contribution in [0.25, 0.3) is 11.0 Å². The molecule has 0 saturated carbocycles. The third kappa shape index (κ3) is 3.35. The average molecular weight is 321 g/mol. The SMILES string of the molecule is CCN(Cc1ccc(OC)cc1)C(=O)c1cnc2ccccc2n1. The first-order valence-electron chi connectivity index (χ1n) is 7.85. The van der Waals surface area contributed by atoms with Crippen LogP contribution in [0, 0.1) is 0 Å². The van der Waals surface area contributed by atoms with Gasteiger partial charge in [0, 0.05) is 13.1 Å². The van der Waals surface area contributed by atoms with Gasteiger partial charge in [0.05, 0.1) is 24.3 Å². The summed E-state index contributed by atoms with van der Waals surface area (Å²) in [5.74, 6) is 0.681. The van der Waals surface area contributed by atoms with Crippen LogP contribution in [0.15, 0.2) is 54.7 Å². The second-order valence-corrected chi connectivity index (χ2v) is 5.41. The molecule has 5 nitrogen and oxygen atoms in total. The lowest BCUT2D eigenvalue weighted by molar-refractivity contribution is 0.0746. The van der Waals surface area contributed by atoms with E-state index in [1.165, 1.54) is 0 Å². The van der Waals surface area contributed by atoms with Gasteiger partial charge in [0.1, 0.15) is 11.4 Å². The van der Waals surface area contributed by atoms with Gasteiger partial charge in [-0.3, -0.25) is 9.78 Å². The van der Waals surface area contributed by atoms with E-state index in [9.17, 15) is 4.79 Å². The molecule has 0 aliphatic heterocycles. The summed E-state index contributed by atoms with van der Waals surface area (Å²) in [5.41, 5.74) is 2.92. The fraction of sp³-hybridized carbons (Fsp3) is 0.211. The third-order valence-electron chi connectivity index (χ3n) is 3.87. The van der Waals surface area contributed by atoms with Crippen LogP contribution in [0.5, 0.6) is 5.75 Å². The van der Waals surface area contributed by atoms with Crippen molar-refractivity contribution < 1.29 is 9.53 Å². The van der Waals surface area contributed by atoms with Gasteiger partial charge in [0.2, 0.25) is 0 Å². The third-order valence-corrected chi connectivity index (χ3v) is 3.87. The van der Waals surface area contributed by atoms with Crippen molar-refractivity contribution in [2.24, 2.45) is 0 Å². The van der Waals surface area contributed by atoms with E-state index < -0.39 is 0 Å². The Bertz CT molecular complexity index is 847. The zero-order chi connectivity index (χ0) is 16.9. The van der Waals surface area contributed by atoms with Crippen LogP contribution >= 0.6 is 0 Å². The van der Waals surface area contributed by atoms with Crippen LogP contribution in [0.3, 0.4) is 0 Å². The monoisotopic (exact) mass is 321 g/mol. The maximum Gasteiger partial charge on any atom is 0.274 e. The zero-order valence-electron chi connectivity index (χ0n) is 13.8. The molecular formula is C19H19N3O2. The standard InChI is InChI=1S/C19H19N3O2/c1-3-22(13-14-8-10-15(24-2)11-9-14)19(23)18-12-20-16-6-4-5-7-17(16)21-18/h4-12H,3,13H2,1-2H3. The van der Waals surface area contributed by atoms with E-state index >= 15 is 0 Å². The molecule has 0 saturated heterocycles. The molecule has 0 spiro atoms.